The van der Waals surface area contributed by atoms with Gasteiger partial charge in [-0.1, -0.05) is 0 Å². The summed E-state index contributed by atoms with van der Waals surface area (Å²) in [4.78, 5) is 0. The van der Waals surface area contributed by atoms with Crippen molar-refractivity contribution < 1.29 is 5.11 Å². The highest BCUT2D eigenvalue weighted by atomic mass is 32.2. The second-order valence-corrected chi connectivity index (χ2v) is 9.18. The van der Waals surface area contributed by atoms with Crippen molar-refractivity contribution in [1.82, 2.24) is 5.32 Å². The van der Waals surface area contributed by atoms with Gasteiger partial charge in [0.1, 0.15) is 0 Å². The van der Waals surface area contributed by atoms with Gasteiger partial charge < -0.3 is 10.4 Å². The topological polar surface area (TPSA) is 32.3 Å². The molecular weight excluding hydrogens is 266 g/mol. The van der Waals surface area contributed by atoms with Crippen LogP contribution in [0, 0.1) is 23.2 Å². The highest BCUT2D eigenvalue weighted by Crippen LogP contribution is 2.61. The number of rotatable bonds is 6. The predicted octanol–water partition coefficient (Wildman–Crippen LogP) is 3.29. The lowest BCUT2D eigenvalue weighted by Crippen LogP contribution is -2.56. The van der Waals surface area contributed by atoms with E-state index >= 15 is 0 Å². The fourth-order valence-electron chi connectivity index (χ4n) is 5.66. The molecule has 0 heterocycles. The molecule has 2 nitrogen and oxygen atoms in total. The lowest BCUT2D eigenvalue weighted by Gasteiger charge is -2.59. The molecule has 4 fully saturated rings. The van der Waals surface area contributed by atoms with Gasteiger partial charge in [-0.2, -0.15) is 11.8 Å². The van der Waals surface area contributed by atoms with E-state index in [4.69, 9.17) is 0 Å². The van der Waals surface area contributed by atoms with Crippen molar-refractivity contribution in [1.29, 1.82) is 0 Å². The van der Waals surface area contributed by atoms with Crippen molar-refractivity contribution in [2.45, 2.75) is 64.0 Å². The molecule has 0 aromatic carbocycles. The molecule has 0 radical (unpaired) electrons. The molecule has 4 aliphatic rings. The van der Waals surface area contributed by atoms with E-state index in [9.17, 15) is 5.11 Å². The van der Waals surface area contributed by atoms with Crippen LogP contribution >= 0.6 is 11.8 Å². The molecule has 4 saturated carbocycles. The normalized spacial score (nSPS) is 43.5. The number of hydrogen-bond acceptors (Lipinski definition) is 3. The molecule has 3 heteroatoms. The Balaban J connectivity index is 1.61. The van der Waals surface area contributed by atoms with Crippen molar-refractivity contribution in [2.24, 2.45) is 23.2 Å². The summed E-state index contributed by atoms with van der Waals surface area (Å²) >= 11 is 1.73. The van der Waals surface area contributed by atoms with Crippen molar-refractivity contribution >= 4 is 11.8 Å². The first-order valence-electron chi connectivity index (χ1n) is 8.37. The van der Waals surface area contributed by atoms with Crippen molar-refractivity contribution in [2.75, 3.05) is 18.6 Å². The molecule has 4 bridgehead atoms. The summed E-state index contributed by atoms with van der Waals surface area (Å²) in [5, 5.41) is 14.1. The predicted molar refractivity (Wildman–Crippen MR) is 87.1 cm³/mol. The number of hydrogen-bond donors (Lipinski definition) is 2. The monoisotopic (exact) mass is 297 g/mol. The summed E-state index contributed by atoms with van der Waals surface area (Å²) in [7, 11) is 0. The van der Waals surface area contributed by atoms with Gasteiger partial charge in [0.2, 0.25) is 0 Å². The third-order valence-corrected chi connectivity index (χ3v) is 7.16. The van der Waals surface area contributed by atoms with Crippen LogP contribution in [0.2, 0.25) is 0 Å². The van der Waals surface area contributed by atoms with E-state index in [0.717, 1.165) is 30.1 Å². The van der Waals surface area contributed by atoms with Crippen LogP contribution < -0.4 is 5.32 Å². The maximum atomic E-state index is 10.4. The van der Waals surface area contributed by atoms with Gasteiger partial charge in [0.05, 0.1) is 5.60 Å². The average molecular weight is 298 g/mol. The van der Waals surface area contributed by atoms with Gasteiger partial charge in [-0.05, 0) is 81.8 Å². The summed E-state index contributed by atoms with van der Waals surface area (Å²) in [5.41, 5.74) is -0.0276. The Morgan fingerprint density at radius 2 is 1.70 bits per heavy atom. The van der Waals surface area contributed by atoms with Gasteiger partial charge >= 0.3 is 0 Å². The Morgan fingerprint density at radius 3 is 2.15 bits per heavy atom. The summed E-state index contributed by atoms with van der Waals surface area (Å²) in [6.07, 6.45) is 10.9. The molecule has 20 heavy (non-hydrogen) atoms. The minimum Gasteiger partial charge on any atom is -0.388 e. The minimum atomic E-state index is -0.573. The Kier molecular flexibility index (Phi) is 4.16. The van der Waals surface area contributed by atoms with Crippen LogP contribution in [0.5, 0.6) is 0 Å². The molecule has 4 rings (SSSR count). The van der Waals surface area contributed by atoms with Gasteiger partial charge in [-0.15, -0.1) is 0 Å². The van der Waals surface area contributed by atoms with E-state index < -0.39 is 5.60 Å². The second kappa shape index (κ2) is 5.48. The standard InChI is InChI=1S/C17H31NOS/c1-12(18-10-16(2,19)11-20-3)17-7-13-4-14(8-17)6-15(5-13)9-17/h12-15,18-19H,4-11H2,1-3H3. The SMILES string of the molecule is CSCC(C)(O)CNC(C)C12CC3CC(CC(C3)C1)C2. The molecule has 4 aliphatic carbocycles. The third-order valence-electron chi connectivity index (χ3n) is 6.25. The van der Waals surface area contributed by atoms with Crippen LogP contribution in [0.4, 0.5) is 0 Å². The van der Waals surface area contributed by atoms with Crippen LogP contribution in [-0.2, 0) is 0 Å². The largest absolute Gasteiger partial charge is 0.388 e. The van der Waals surface area contributed by atoms with Crippen LogP contribution in [0.15, 0.2) is 0 Å². The minimum absolute atomic E-state index is 0.546. The number of nitrogens with one attached hydrogen (secondary N) is 1. The smallest absolute Gasteiger partial charge is 0.0833 e. The van der Waals surface area contributed by atoms with Crippen molar-refractivity contribution in [3.63, 3.8) is 0 Å². The lowest BCUT2D eigenvalue weighted by atomic mass is 9.48. The maximum Gasteiger partial charge on any atom is 0.0833 e. The fraction of sp³-hybridized carbons (Fsp3) is 1.00. The maximum absolute atomic E-state index is 10.4. The average Bonchev–Trinajstić information content (AvgIpc) is 2.34. The second-order valence-electron chi connectivity index (χ2n) is 8.31. The summed E-state index contributed by atoms with van der Waals surface area (Å²) in [6.45, 7) is 5.07. The molecule has 2 atom stereocenters. The first kappa shape index (κ1) is 15.2. The van der Waals surface area contributed by atoms with Gasteiger partial charge in [-0.3, -0.25) is 0 Å². The fourth-order valence-corrected chi connectivity index (χ4v) is 6.38. The molecule has 0 saturated heterocycles. The van der Waals surface area contributed by atoms with E-state index in [-0.39, 0.29) is 0 Å². The van der Waals surface area contributed by atoms with Gasteiger partial charge in [0.25, 0.3) is 0 Å². The third kappa shape index (κ3) is 2.91. The quantitative estimate of drug-likeness (QED) is 0.789. The molecular formula is C17H31NOS. The Hall–Kier alpha value is 0.270. The molecule has 0 amide bonds. The summed E-state index contributed by atoms with van der Waals surface area (Å²) in [5.74, 6) is 3.85. The highest BCUT2D eigenvalue weighted by molar-refractivity contribution is 7.98. The first-order valence-corrected chi connectivity index (χ1v) is 9.76. The zero-order valence-corrected chi connectivity index (χ0v) is 14.1. The number of aliphatic hydroxyl groups is 1. The highest BCUT2D eigenvalue weighted by Gasteiger charge is 2.53. The van der Waals surface area contributed by atoms with Gasteiger partial charge in [-0.25, -0.2) is 0 Å². The van der Waals surface area contributed by atoms with Gasteiger partial charge in [0, 0.05) is 18.3 Å². The molecule has 0 spiro atoms. The summed E-state index contributed by atoms with van der Waals surface area (Å²) < 4.78 is 0. The molecule has 0 aromatic rings. The molecule has 2 N–H and O–H groups in total. The Bertz CT molecular complexity index is 320. The molecule has 116 valence electrons. The van der Waals surface area contributed by atoms with Crippen LogP contribution in [0.1, 0.15) is 52.4 Å². The van der Waals surface area contributed by atoms with E-state index in [1.165, 1.54) is 38.5 Å². The van der Waals surface area contributed by atoms with Crippen molar-refractivity contribution in [3.05, 3.63) is 0 Å². The molecule has 2 unspecified atom stereocenters. The van der Waals surface area contributed by atoms with Gasteiger partial charge in [0.15, 0.2) is 0 Å². The van der Waals surface area contributed by atoms with E-state index in [2.05, 4.69) is 18.5 Å². The first-order chi connectivity index (χ1) is 9.42. The van der Waals surface area contributed by atoms with E-state index in [1.807, 2.05) is 6.92 Å². The Labute approximate surface area is 128 Å². The van der Waals surface area contributed by atoms with Crippen LogP contribution in [-0.4, -0.2) is 35.3 Å². The Morgan fingerprint density at radius 1 is 1.20 bits per heavy atom. The van der Waals surface area contributed by atoms with Crippen LogP contribution in [0.3, 0.4) is 0 Å². The van der Waals surface area contributed by atoms with E-state index in [0.29, 0.717) is 11.5 Å². The van der Waals surface area contributed by atoms with Crippen molar-refractivity contribution in [3.8, 4) is 0 Å². The number of thioether (sulfide) groups is 1. The van der Waals surface area contributed by atoms with E-state index in [1.54, 1.807) is 11.8 Å². The van der Waals surface area contributed by atoms with Crippen LogP contribution in [0.25, 0.3) is 0 Å². The molecule has 0 aliphatic heterocycles. The molecule has 0 aromatic heterocycles. The summed E-state index contributed by atoms with van der Waals surface area (Å²) in [6, 6.07) is 0.559. The zero-order valence-electron chi connectivity index (χ0n) is 13.3. The zero-order chi connectivity index (χ0) is 14.4. The lowest BCUT2D eigenvalue weighted by molar-refractivity contribution is -0.0730.